The SMILES string of the molecule is NCCCOCCCc1ccccn1. The highest BCUT2D eigenvalue weighted by molar-refractivity contribution is 5.03. The number of pyridine rings is 1. The lowest BCUT2D eigenvalue weighted by Crippen LogP contribution is -2.05. The van der Waals surface area contributed by atoms with Crippen molar-refractivity contribution in [2.45, 2.75) is 19.3 Å². The minimum absolute atomic E-state index is 0.709. The van der Waals surface area contributed by atoms with Crippen molar-refractivity contribution in [1.29, 1.82) is 0 Å². The highest BCUT2D eigenvalue weighted by Gasteiger charge is 1.93. The Bertz CT molecular complexity index is 226. The van der Waals surface area contributed by atoms with Crippen LogP contribution in [-0.4, -0.2) is 24.7 Å². The van der Waals surface area contributed by atoms with Gasteiger partial charge in [-0.3, -0.25) is 4.98 Å². The van der Waals surface area contributed by atoms with Crippen LogP contribution >= 0.6 is 0 Å². The molecular weight excluding hydrogens is 176 g/mol. The highest BCUT2D eigenvalue weighted by atomic mass is 16.5. The van der Waals surface area contributed by atoms with Gasteiger partial charge in [-0.2, -0.15) is 0 Å². The number of nitrogens with two attached hydrogens (primary N) is 1. The minimum atomic E-state index is 0.709. The zero-order valence-electron chi connectivity index (χ0n) is 8.48. The van der Waals surface area contributed by atoms with Crippen LogP contribution in [0.25, 0.3) is 0 Å². The van der Waals surface area contributed by atoms with Crippen LogP contribution in [0.3, 0.4) is 0 Å². The van der Waals surface area contributed by atoms with Crippen LogP contribution in [0.15, 0.2) is 24.4 Å². The summed E-state index contributed by atoms with van der Waals surface area (Å²) in [6.45, 7) is 2.29. The molecule has 0 amide bonds. The summed E-state index contributed by atoms with van der Waals surface area (Å²) in [7, 11) is 0. The van der Waals surface area contributed by atoms with Gasteiger partial charge in [-0.25, -0.2) is 0 Å². The topological polar surface area (TPSA) is 48.1 Å². The minimum Gasteiger partial charge on any atom is -0.381 e. The predicted octanol–water partition coefficient (Wildman–Crippen LogP) is 1.38. The summed E-state index contributed by atoms with van der Waals surface area (Å²) in [6.07, 6.45) is 4.79. The molecule has 1 aromatic heterocycles. The molecule has 0 fully saturated rings. The molecule has 2 N–H and O–H groups in total. The van der Waals surface area contributed by atoms with Gasteiger partial charge in [0.1, 0.15) is 0 Å². The van der Waals surface area contributed by atoms with Crippen LogP contribution in [-0.2, 0) is 11.2 Å². The van der Waals surface area contributed by atoms with E-state index in [9.17, 15) is 0 Å². The van der Waals surface area contributed by atoms with Gasteiger partial charge in [0.2, 0.25) is 0 Å². The summed E-state index contributed by atoms with van der Waals surface area (Å²) in [6, 6.07) is 5.98. The summed E-state index contributed by atoms with van der Waals surface area (Å²) >= 11 is 0. The standard InChI is InChI=1S/C11H18N2O/c12-7-4-10-14-9-3-6-11-5-1-2-8-13-11/h1-2,5,8H,3-4,6-7,9-10,12H2. The Morgan fingerprint density at radius 1 is 1.21 bits per heavy atom. The molecule has 3 heteroatoms. The number of hydrogen-bond donors (Lipinski definition) is 1. The lowest BCUT2D eigenvalue weighted by atomic mass is 10.2. The molecule has 0 unspecified atom stereocenters. The molecule has 1 rings (SSSR count). The third kappa shape index (κ3) is 4.94. The van der Waals surface area contributed by atoms with Crippen LogP contribution in [0.5, 0.6) is 0 Å². The molecule has 1 heterocycles. The number of aromatic nitrogens is 1. The molecule has 1 aromatic rings. The molecule has 0 saturated carbocycles. The van der Waals surface area contributed by atoms with Gasteiger partial charge in [0.15, 0.2) is 0 Å². The van der Waals surface area contributed by atoms with E-state index in [4.69, 9.17) is 10.5 Å². The highest BCUT2D eigenvalue weighted by Crippen LogP contribution is 1.98. The van der Waals surface area contributed by atoms with E-state index in [0.29, 0.717) is 6.54 Å². The normalized spacial score (nSPS) is 10.4. The van der Waals surface area contributed by atoms with Crippen LogP contribution in [0.2, 0.25) is 0 Å². The largest absolute Gasteiger partial charge is 0.381 e. The number of aryl methyl sites for hydroxylation is 1. The second-order valence-corrected chi connectivity index (χ2v) is 3.18. The van der Waals surface area contributed by atoms with Crippen molar-refractivity contribution < 1.29 is 4.74 Å². The Balaban J connectivity index is 1.99. The molecule has 0 radical (unpaired) electrons. The Labute approximate surface area is 85.3 Å². The first-order valence-electron chi connectivity index (χ1n) is 5.11. The monoisotopic (exact) mass is 194 g/mol. The molecule has 0 aliphatic heterocycles. The van der Waals surface area contributed by atoms with Gasteiger partial charge in [-0.15, -0.1) is 0 Å². The zero-order valence-corrected chi connectivity index (χ0v) is 8.48. The van der Waals surface area contributed by atoms with Crippen molar-refractivity contribution in [3.63, 3.8) is 0 Å². The summed E-state index contributed by atoms with van der Waals surface area (Å²) in [5.41, 5.74) is 6.48. The quantitative estimate of drug-likeness (QED) is 0.667. The molecule has 3 nitrogen and oxygen atoms in total. The molecule has 0 aliphatic rings. The first-order chi connectivity index (χ1) is 6.93. The van der Waals surface area contributed by atoms with Gasteiger partial charge in [0.25, 0.3) is 0 Å². The second kappa shape index (κ2) is 7.47. The van der Waals surface area contributed by atoms with Gasteiger partial charge in [-0.05, 0) is 37.9 Å². The van der Waals surface area contributed by atoms with Gasteiger partial charge in [0, 0.05) is 25.1 Å². The maximum atomic E-state index is 5.39. The first-order valence-corrected chi connectivity index (χ1v) is 5.11. The Kier molecular flexibility index (Phi) is 5.95. The van der Waals surface area contributed by atoms with E-state index < -0.39 is 0 Å². The van der Waals surface area contributed by atoms with Crippen molar-refractivity contribution in [1.82, 2.24) is 4.98 Å². The molecule has 0 spiro atoms. The van der Waals surface area contributed by atoms with Crippen molar-refractivity contribution in [2.75, 3.05) is 19.8 Å². The fourth-order valence-electron chi connectivity index (χ4n) is 1.19. The van der Waals surface area contributed by atoms with E-state index in [1.165, 1.54) is 0 Å². The lowest BCUT2D eigenvalue weighted by molar-refractivity contribution is 0.131. The third-order valence-electron chi connectivity index (χ3n) is 1.94. The van der Waals surface area contributed by atoms with Crippen LogP contribution in [0.4, 0.5) is 0 Å². The summed E-state index contributed by atoms with van der Waals surface area (Å²) in [5.74, 6) is 0. The predicted molar refractivity (Wildman–Crippen MR) is 57.0 cm³/mol. The second-order valence-electron chi connectivity index (χ2n) is 3.18. The number of nitrogens with zero attached hydrogens (tertiary/aromatic N) is 1. The number of hydrogen-bond acceptors (Lipinski definition) is 3. The summed E-state index contributed by atoms with van der Waals surface area (Å²) < 4.78 is 5.39. The Hall–Kier alpha value is -0.930. The van der Waals surface area contributed by atoms with Crippen LogP contribution in [0.1, 0.15) is 18.5 Å². The smallest absolute Gasteiger partial charge is 0.0478 e. The van der Waals surface area contributed by atoms with Crippen LogP contribution < -0.4 is 5.73 Å². The maximum absolute atomic E-state index is 5.39. The van der Waals surface area contributed by atoms with Gasteiger partial charge >= 0.3 is 0 Å². The first kappa shape index (κ1) is 11.1. The van der Waals surface area contributed by atoms with E-state index in [1.807, 2.05) is 24.4 Å². The van der Waals surface area contributed by atoms with E-state index in [2.05, 4.69) is 4.98 Å². The molecule has 78 valence electrons. The molecule has 0 aromatic carbocycles. The Morgan fingerprint density at radius 2 is 2.07 bits per heavy atom. The van der Waals surface area contributed by atoms with E-state index in [-0.39, 0.29) is 0 Å². The van der Waals surface area contributed by atoms with Gasteiger partial charge in [0.05, 0.1) is 0 Å². The number of rotatable bonds is 7. The Morgan fingerprint density at radius 3 is 2.79 bits per heavy atom. The summed E-state index contributed by atoms with van der Waals surface area (Å²) in [4.78, 5) is 4.24. The van der Waals surface area contributed by atoms with Crippen molar-refractivity contribution in [3.8, 4) is 0 Å². The van der Waals surface area contributed by atoms with E-state index >= 15 is 0 Å². The molecule has 0 atom stereocenters. The number of ether oxygens (including phenoxy) is 1. The van der Waals surface area contributed by atoms with Crippen molar-refractivity contribution in [2.24, 2.45) is 5.73 Å². The van der Waals surface area contributed by atoms with Crippen molar-refractivity contribution >= 4 is 0 Å². The van der Waals surface area contributed by atoms with E-state index in [1.54, 1.807) is 0 Å². The van der Waals surface area contributed by atoms with E-state index in [0.717, 1.165) is 38.2 Å². The molecular formula is C11H18N2O. The fraction of sp³-hybridized carbons (Fsp3) is 0.545. The molecule has 0 aliphatic carbocycles. The summed E-state index contributed by atoms with van der Waals surface area (Å²) in [5, 5.41) is 0. The molecule has 0 saturated heterocycles. The lowest BCUT2D eigenvalue weighted by Gasteiger charge is -2.02. The van der Waals surface area contributed by atoms with Crippen LogP contribution in [0, 0.1) is 0 Å². The van der Waals surface area contributed by atoms with Gasteiger partial charge in [-0.1, -0.05) is 6.07 Å². The molecule has 14 heavy (non-hydrogen) atoms. The van der Waals surface area contributed by atoms with Gasteiger partial charge < -0.3 is 10.5 Å². The molecule has 0 bridgehead atoms. The zero-order chi connectivity index (χ0) is 10.1. The average Bonchev–Trinajstić information content (AvgIpc) is 2.25. The third-order valence-corrected chi connectivity index (χ3v) is 1.94. The average molecular weight is 194 g/mol. The van der Waals surface area contributed by atoms with Crippen molar-refractivity contribution in [3.05, 3.63) is 30.1 Å². The maximum Gasteiger partial charge on any atom is 0.0478 e. The fourth-order valence-corrected chi connectivity index (χ4v) is 1.19.